The maximum absolute atomic E-state index is 10.5. The number of rotatable bonds is 3. The van der Waals surface area contributed by atoms with Crippen molar-refractivity contribution in [2.45, 2.75) is 33.3 Å². The third kappa shape index (κ3) is 15.4. The topological polar surface area (TPSA) is 138 Å². The summed E-state index contributed by atoms with van der Waals surface area (Å²) in [6.45, 7) is 11.6. The van der Waals surface area contributed by atoms with Crippen LogP contribution in [0, 0.1) is 16.7 Å². The highest BCUT2D eigenvalue weighted by Gasteiger charge is 2.12. The standard InChI is InChI=1S/C9H10N2.C7H12O2.CH5N3/c1-2-11-9-6-4-3-5-8(9)7-10;1-5-6(8)9-7(2,3)4;2-1(3)4/h3-6,11H,2H2,1H3;5H,1H2,2-4H3;(H5,2,3,4). The molecule has 7 nitrogen and oxygen atoms in total. The Hall–Kier alpha value is -3.01. The molecule has 1 aromatic carbocycles. The van der Waals surface area contributed by atoms with E-state index in [1.807, 2.05) is 45.9 Å². The summed E-state index contributed by atoms with van der Waals surface area (Å²) in [6.07, 6.45) is 1.16. The number of carbonyl (C=O) groups excluding carboxylic acids is 1. The van der Waals surface area contributed by atoms with Crippen LogP contribution < -0.4 is 16.8 Å². The van der Waals surface area contributed by atoms with Gasteiger partial charge in [-0.2, -0.15) is 5.26 Å². The monoisotopic (exact) mass is 333 g/mol. The average molecular weight is 333 g/mol. The third-order valence-corrected chi connectivity index (χ3v) is 1.99. The van der Waals surface area contributed by atoms with Crippen molar-refractivity contribution in [1.29, 1.82) is 10.7 Å². The highest BCUT2D eigenvalue weighted by atomic mass is 16.6. The van der Waals surface area contributed by atoms with Crippen LogP contribution in [0.4, 0.5) is 5.69 Å². The van der Waals surface area contributed by atoms with Gasteiger partial charge in [0.25, 0.3) is 0 Å². The molecule has 0 aliphatic carbocycles. The quantitative estimate of drug-likeness (QED) is 0.290. The minimum absolute atomic E-state index is 0.333. The molecule has 7 heteroatoms. The molecular formula is C17H27N5O2. The fourth-order valence-electron chi connectivity index (χ4n) is 1.27. The van der Waals surface area contributed by atoms with Crippen molar-refractivity contribution in [2.75, 3.05) is 11.9 Å². The smallest absolute Gasteiger partial charge is 0.330 e. The number of anilines is 1. The van der Waals surface area contributed by atoms with Crippen molar-refractivity contribution >= 4 is 17.6 Å². The number of para-hydroxylation sites is 1. The van der Waals surface area contributed by atoms with Crippen molar-refractivity contribution in [3.8, 4) is 6.07 Å². The molecule has 0 saturated heterocycles. The molecule has 0 unspecified atom stereocenters. The van der Waals surface area contributed by atoms with Gasteiger partial charge in [-0.15, -0.1) is 0 Å². The fourth-order valence-corrected chi connectivity index (χ4v) is 1.27. The summed E-state index contributed by atoms with van der Waals surface area (Å²) in [5.74, 6) is -0.706. The highest BCUT2D eigenvalue weighted by Crippen LogP contribution is 2.12. The second-order valence-electron chi connectivity index (χ2n) is 5.38. The molecule has 132 valence electrons. The van der Waals surface area contributed by atoms with Crippen LogP contribution in [-0.4, -0.2) is 24.1 Å². The number of nitrogens with one attached hydrogen (secondary N) is 2. The second kappa shape index (κ2) is 12.5. The first kappa shape index (κ1) is 23.3. The van der Waals surface area contributed by atoms with E-state index in [0.717, 1.165) is 18.3 Å². The largest absolute Gasteiger partial charge is 0.457 e. The minimum atomic E-state index is -0.398. The van der Waals surface area contributed by atoms with Gasteiger partial charge in [-0.1, -0.05) is 18.7 Å². The number of benzene rings is 1. The van der Waals surface area contributed by atoms with E-state index in [4.69, 9.17) is 15.4 Å². The molecule has 0 aromatic heterocycles. The maximum Gasteiger partial charge on any atom is 0.330 e. The Morgan fingerprint density at radius 2 is 1.92 bits per heavy atom. The molecule has 0 amide bonds. The van der Waals surface area contributed by atoms with Crippen LogP contribution in [0.15, 0.2) is 36.9 Å². The molecule has 0 radical (unpaired) electrons. The zero-order chi connectivity index (χ0) is 19.2. The molecule has 0 heterocycles. The lowest BCUT2D eigenvalue weighted by Gasteiger charge is -2.17. The molecular weight excluding hydrogens is 306 g/mol. The van der Waals surface area contributed by atoms with Crippen molar-refractivity contribution in [1.82, 2.24) is 0 Å². The summed E-state index contributed by atoms with van der Waals surface area (Å²) >= 11 is 0. The Bertz CT molecular complexity index is 567. The maximum atomic E-state index is 10.5. The predicted octanol–water partition coefficient (Wildman–Crippen LogP) is 2.34. The van der Waals surface area contributed by atoms with Crippen molar-refractivity contribution < 1.29 is 9.53 Å². The molecule has 0 bridgehead atoms. The van der Waals surface area contributed by atoms with E-state index in [2.05, 4.69) is 29.4 Å². The Morgan fingerprint density at radius 1 is 1.42 bits per heavy atom. The number of nitrogens with two attached hydrogens (primary N) is 2. The van der Waals surface area contributed by atoms with Crippen LogP contribution in [0.25, 0.3) is 0 Å². The van der Waals surface area contributed by atoms with E-state index in [-0.39, 0.29) is 11.9 Å². The van der Waals surface area contributed by atoms with Crippen molar-refractivity contribution in [2.24, 2.45) is 11.5 Å². The molecule has 0 fully saturated rings. The molecule has 0 aliphatic rings. The van der Waals surface area contributed by atoms with E-state index in [1.54, 1.807) is 6.07 Å². The first-order chi connectivity index (χ1) is 11.1. The third-order valence-electron chi connectivity index (χ3n) is 1.99. The number of esters is 1. The summed E-state index contributed by atoms with van der Waals surface area (Å²) in [5, 5.41) is 17.8. The van der Waals surface area contributed by atoms with Gasteiger partial charge in [0.1, 0.15) is 11.7 Å². The van der Waals surface area contributed by atoms with Crippen LogP contribution in [0.1, 0.15) is 33.3 Å². The van der Waals surface area contributed by atoms with Crippen LogP contribution in [0.2, 0.25) is 0 Å². The summed E-state index contributed by atoms with van der Waals surface area (Å²) in [4.78, 5) is 10.5. The normalized spacial score (nSPS) is 8.96. The van der Waals surface area contributed by atoms with Gasteiger partial charge in [-0.25, -0.2) is 4.79 Å². The molecule has 0 aliphatic heterocycles. The lowest BCUT2D eigenvalue weighted by molar-refractivity contribution is -0.148. The number of nitriles is 1. The number of carbonyl (C=O) groups is 1. The van der Waals surface area contributed by atoms with E-state index < -0.39 is 5.60 Å². The Labute approximate surface area is 143 Å². The summed E-state index contributed by atoms with van der Waals surface area (Å²) < 4.78 is 4.83. The number of ether oxygens (including phenoxy) is 1. The molecule has 0 spiro atoms. The lowest BCUT2D eigenvalue weighted by atomic mass is 10.2. The zero-order valence-electron chi connectivity index (χ0n) is 14.7. The van der Waals surface area contributed by atoms with Gasteiger partial charge in [0.15, 0.2) is 5.96 Å². The van der Waals surface area contributed by atoms with Crippen LogP contribution >= 0.6 is 0 Å². The molecule has 0 atom stereocenters. The molecule has 0 saturated carbocycles. The highest BCUT2D eigenvalue weighted by molar-refractivity contribution is 5.81. The summed E-state index contributed by atoms with van der Waals surface area (Å²) in [7, 11) is 0. The van der Waals surface area contributed by atoms with Crippen LogP contribution in [0.5, 0.6) is 0 Å². The number of hydrogen-bond acceptors (Lipinski definition) is 5. The van der Waals surface area contributed by atoms with Crippen LogP contribution in [-0.2, 0) is 9.53 Å². The van der Waals surface area contributed by atoms with Gasteiger partial charge in [0, 0.05) is 12.6 Å². The zero-order valence-corrected chi connectivity index (χ0v) is 14.7. The van der Waals surface area contributed by atoms with E-state index in [9.17, 15) is 4.79 Å². The van der Waals surface area contributed by atoms with Gasteiger partial charge >= 0.3 is 5.97 Å². The van der Waals surface area contributed by atoms with Gasteiger partial charge in [-0.05, 0) is 39.8 Å². The number of guanidine groups is 1. The van der Waals surface area contributed by atoms with Crippen molar-refractivity contribution in [3.63, 3.8) is 0 Å². The summed E-state index contributed by atoms with van der Waals surface area (Å²) in [5.41, 5.74) is 10.2. The van der Waals surface area contributed by atoms with Crippen molar-refractivity contribution in [3.05, 3.63) is 42.5 Å². The van der Waals surface area contributed by atoms with E-state index >= 15 is 0 Å². The van der Waals surface area contributed by atoms with Gasteiger partial charge in [0.2, 0.25) is 0 Å². The minimum Gasteiger partial charge on any atom is -0.457 e. The van der Waals surface area contributed by atoms with Crippen LogP contribution in [0.3, 0.4) is 0 Å². The first-order valence-corrected chi connectivity index (χ1v) is 7.25. The Balaban J connectivity index is 0. The van der Waals surface area contributed by atoms with Gasteiger partial charge in [-0.3, -0.25) is 5.41 Å². The average Bonchev–Trinajstić information content (AvgIpc) is 2.46. The lowest BCUT2D eigenvalue weighted by Crippen LogP contribution is -2.22. The number of hydrogen-bond donors (Lipinski definition) is 4. The SMILES string of the molecule is C=CC(=O)OC(C)(C)C.CCNc1ccccc1C#N.N=C(N)N. The molecule has 24 heavy (non-hydrogen) atoms. The van der Waals surface area contributed by atoms with E-state index in [0.29, 0.717) is 5.56 Å². The number of nitrogens with zero attached hydrogens (tertiary/aromatic N) is 1. The fraction of sp³-hybridized carbons (Fsp3) is 0.353. The molecule has 6 N–H and O–H groups in total. The summed E-state index contributed by atoms with van der Waals surface area (Å²) in [6, 6.07) is 9.60. The molecule has 1 rings (SSSR count). The molecule has 1 aromatic rings. The first-order valence-electron chi connectivity index (χ1n) is 7.25. The second-order valence-corrected chi connectivity index (χ2v) is 5.38. The predicted molar refractivity (Wildman–Crippen MR) is 97.5 cm³/mol. The van der Waals surface area contributed by atoms with Gasteiger partial charge < -0.3 is 21.5 Å². The van der Waals surface area contributed by atoms with Gasteiger partial charge in [0.05, 0.1) is 11.3 Å². The van der Waals surface area contributed by atoms with E-state index in [1.165, 1.54) is 0 Å². The Kier molecular flexibility index (Phi) is 12.1. The Morgan fingerprint density at radius 3 is 2.25 bits per heavy atom.